The van der Waals surface area contributed by atoms with Crippen LogP contribution in [-0.2, 0) is 0 Å². The fourth-order valence-electron chi connectivity index (χ4n) is 0.434. The van der Waals surface area contributed by atoms with Gasteiger partial charge in [-0.15, -0.1) is 0 Å². The molecule has 0 unspecified atom stereocenters. The first-order valence-corrected chi connectivity index (χ1v) is 2.32. The van der Waals surface area contributed by atoms with Crippen LogP contribution in [0.25, 0.3) is 0 Å². The first-order chi connectivity index (χ1) is 4.20. The summed E-state index contributed by atoms with van der Waals surface area (Å²) in [6.07, 6.45) is -1.61. The van der Waals surface area contributed by atoms with E-state index >= 15 is 0 Å². The van der Waals surface area contributed by atoms with Gasteiger partial charge in [0, 0.05) is 0 Å². The standard InChI is InChI=1S/C4H2B2FNO/c5-3-1-2(4(6)7)8-9-3/h1,4H/t4-/m1/s1. The van der Waals surface area contributed by atoms with Crippen molar-refractivity contribution in [3.63, 3.8) is 0 Å². The van der Waals surface area contributed by atoms with Gasteiger partial charge in [0.1, 0.15) is 19.6 Å². The van der Waals surface area contributed by atoms with Gasteiger partial charge in [0.25, 0.3) is 0 Å². The van der Waals surface area contributed by atoms with E-state index in [2.05, 4.69) is 9.68 Å². The SMILES string of the molecule is [B]c1cc([C@H]([B])F)no1. The van der Waals surface area contributed by atoms with Crippen LogP contribution >= 0.6 is 0 Å². The van der Waals surface area contributed by atoms with Crippen molar-refractivity contribution < 1.29 is 8.91 Å². The van der Waals surface area contributed by atoms with E-state index < -0.39 is 6.07 Å². The summed E-state index contributed by atoms with van der Waals surface area (Å²) in [6, 6.07) is 1.24. The highest BCUT2D eigenvalue weighted by Crippen LogP contribution is 2.07. The lowest BCUT2D eigenvalue weighted by Crippen LogP contribution is -1.95. The van der Waals surface area contributed by atoms with Crippen molar-refractivity contribution in [2.75, 3.05) is 0 Å². The molecule has 1 heterocycles. The Kier molecular flexibility index (Phi) is 1.60. The van der Waals surface area contributed by atoms with Crippen molar-refractivity contribution in [2.45, 2.75) is 6.07 Å². The van der Waals surface area contributed by atoms with Gasteiger partial charge in [0.15, 0.2) is 7.85 Å². The number of hydrogen-bond donors (Lipinski definition) is 0. The zero-order valence-corrected chi connectivity index (χ0v) is 4.54. The average molecular weight is 121 g/mol. The quantitative estimate of drug-likeness (QED) is 0.472. The van der Waals surface area contributed by atoms with Gasteiger partial charge < -0.3 is 4.52 Å². The predicted molar refractivity (Wildman–Crippen MR) is 31.5 cm³/mol. The molecule has 2 nitrogen and oxygen atoms in total. The van der Waals surface area contributed by atoms with E-state index in [1.807, 2.05) is 0 Å². The molecule has 0 amide bonds. The second-order valence-corrected chi connectivity index (χ2v) is 1.56. The third-order valence-corrected chi connectivity index (χ3v) is 0.829. The molecule has 4 radical (unpaired) electrons. The first-order valence-electron chi connectivity index (χ1n) is 2.32. The number of nitrogens with zero attached hydrogens (tertiary/aromatic N) is 1. The first kappa shape index (κ1) is 6.39. The van der Waals surface area contributed by atoms with Crippen molar-refractivity contribution in [1.29, 1.82) is 0 Å². The number of alkyl halides is 1. The van der Waals surface area contributed by atoms with Crippen LogP contribution in [0.15, 0.2) is 10.6 Å². The van der Waals surface area contributed by atoms with E-state index in [4.69, 9.17) is 15.7 Å². The molecule has 0 spiro atoms. The Morgan fingerprint density at radius 1 is 1.78 bits per heavy atom. The lowest BCUT2D eigenvalue weighted by atomic mass is 9.97. The minimum Gasteiger partial charge on any atom is -0.373 e. The van der Waals surface area contributed by atoms with Crippen molar-refractivity contribution >= 4 is 21.4 Å². The Balaban J connectivity index is 2.85. The second-order valence-electron chi connectivity index (χ2n) is 1.56. The summed E-state index contributed by atoms with van der Waals surface area (Å²) in [5.41, 5.74) is 0.0885. The molecule has 1 rings (SSSR count). The van der Waals surface area contributed by atoms with Crippen LogP contribution in [-0.4, -0.2) is 20.8 Å². The maximum Gasteiger partial charge on any atom is 0.171 e. The van der Waals surface area contributed by atoms with Crippen LogP contribution < -0.4 is 5.66 Å². The zero-order valence-electron chi connectivity index (χ0n) is 4.54. The summed E-state index contributed by atoms with van der Waals surface area (Å²) in [5, 5.41) is 3.22. The maximum absolute atomic E-state index is 12.0. The van der Waals surface area contributed by atoms with E-state index in [-0.39, 0.29) is 11.4 Å². The highest BCUT2D eigenvalue weighted by molar-refractivity contribution is 6.29. The molecule has 0 aliphatic carbocycles. The van der Waals surface area contributed by atoms with Crippen LogP contribution in [0.3, 0.4) is 0 Å². The molecular weight excluding hydrogens is 119 g/mol. The molecule has 1 aromatic rings. The van der Waals surface area contributed by atoms with Gasteiger partial charge in [-0.25, -0.2) is 0 Å². The third kappa shape index (κ3) is 1.34. The number of aromatic nitrogens is 1. The second kappa shape index (κ2) is 2.25. The molecule has 9 heavy (non-hydrogen) atoms. The van der Waals surface area contributed by atoms with Crippen molar-refractivity contribution in [3.8, 4) is 0 Å². The molecule has 0 aliphatic rings. The van der Waals surface area contributed by atoms with Gasteiger partial charge in [0.05, 0.1) is 5.66 Å². The smallest absolute Gasteiger partial charge is 0.171 e. The van der Waals surface area contributed by atoms with E-state index in [9.17, 15) is 4.39 Å². The van der Waals surface area contributed by atoms with E-state index in [0.29, 0.717) is 0 Å². The molecule has 0 N–H and O–H groups in total. The Morgan fingerprint density at radius 2 is 2.44 bits per heavy atom. The molecule has 0 fully saturated rings. The molecule has 0 saturated heterocycles. The lowest BCUT2D eigenvalue weighted by molar-refractivity contribution is 0.393. The van der Waals surface area contributed by atoms with Crippen LogP contribution in [0.2, 0.25) is 0 Å². The minimum absolute atomic E-state index is 0.0208. The van der Waals surface area contributed by atoms with Crippen molar-refractivity contribution in [2.24, 2.45) is 0 Å². The Hall–Kier alpha value is -0.730. The summed E-state index contributed by atoms with van der Waals surface area (Å²) in [6.45, 7) is 0. The van der Waals surface area contributed by atoms with Crippen molar-refractivity contribution in [1.82, 2.24) is 5.16 Å². The molecule has 0 aliphatic heterocycles. The molecule has 0 saturated carbocycles. The van der Waals surface area contributed by atoms with Crippen LogP contribution in [0.1, 0.15) is 11.8 Å². The van der Waals surface area contributed by atoms with E-state index in [1.165, 1.54) is 6.07 Å². The molecule has 0 aromatic carbocycles. The third-order valence-electron chi connectivity index (χ3n) is 0.829. The fraction of sp³-hybridized carbons (Fsp3) is 0.250. The van der Waals surface area contributed by atoms with Gasteiger partial charge in [0.2, 0.25) is 0 Å². The van der Waals surface area contributed by atoms with Crippen molar-refractivity contribution in [3.05, 3.63) is 11.8 Å². The molecule has 1 atom stereocenters. The summed E-state index contributed by atoms with van der Waals surface area (Å²) < 4.78 is 16.4. The Bertz CT molecular complexity index is 200. The number of halogens is 1. The van der Waals surface area contributed by atoms with Gasteiger partial charge in [-0.05, 0) is 6.07 Å². The molecule has 0 bridgehead atoms. The normalized spacial score (nSPS) is 13.4. The molecule has 42 valence electrons. The Labute approximate surface area is 54.2 Å². The van der Waals surface area contributed by atoms with Gasteiger partial charge in [-0.3, -0.25) is 4.39 Å². The van der Waals surface area contributed by atoms with Crippen LogP contribution in [0.4, 0.5) is 4.39 Å². The van der Waals surface area contributed by atoms with E-state index in [0.717, 1.165) is 0 Å². The highest BCUT2D eigenvalue weighted by Gasteiger charge is 2.05. The minimum atomic E-state index is -1.61. The number of rotatable bonds is 1. The highest BCUT2D eigenvalue weighted by atomic mass is 19.1. The summed E-state index contributed by atoms with van der Waals surface area (Å²) in [5.74, 6) is 0. The Morgan fingerprint density at radius 3 is 2.67 bits per heavy atom. The average Bonchev–Trinajstić information content (AvgIpc) is 2.14. The summed E-state index contributed by atoms with van der Waals surface area (Å²) in [4.78, 5) is 0. The monoisotopic (exact) mass is 121 g/mol. The summed E-state index contributed by atoms with van der Waals surface area (Å²) >= 11 is 0. The summed E-state index contributed by atoms with van der Waals surface area (Å²) in [7, 11) is 9.85. The van der Waals surface area contributed by atoms with Gasteiger partial charge >= 0.3 is 0 Å². The maximum atomic E-state index is 12.0. The predicted octanol–water partition coefficient (Wildman–Crippen LogP) is -0.395. The van der Waals surface area contributed by atoms with E-state index in [1.54, 1.807) is 0 Å². The largest absolute Gasteiger partial charge is 0.373 e. The lowest BCUT2D eigenvalue weighted by Gasteiger charge is -1.89. The molecule has 5 heteroatoms. The zero-order chi connectivity index (χ0) is 6.85. The molecular formula is C4H2B2FNO. The topological polar surface area (TPSA) is 26.0 Å². The fourth-order valence-corrected chi connectivity index (χ4v) is 0.434. The van der Waals surface area contributed by atoms with Crippen LogP contribution in [0, 0.1) is 0 Å². The van der Waals surface area contributed by atoms with Crippen LogP contribution in [0.5, 0.6) is 0 Å². The van der Waals surface area contributed by atoms with Gasteiger partial charge in [-0.1, -0.05) is 5.16 Å². The molecule has 1 aromatic heterocycles. The number of hydrogen-bond acceptors (Lipinski definition) is 2. The van der Waals surface area contributed by atoms with Gasteiger partial charge in [-0.2, -0.15) is 0 Å².